The number of nitriles is 1. The van der Waals surface area contributed by atoms with Crippen LogP contribution in [-0.4, -0.2) is 31.0 Å². The number of ether oxygens (including phenoxy) is 2. The number of hydrogen-bond donors (Lipinski definition) is 1. The number of para-hydroxylation sites is 1. The van der Waals surface area contributed by atoms with Gasteiger partial charge in [-0.2, -0.15) is 5.26 Å². The summed E-state index contributed by atoms with van der Waals surface area (Å²) < 4.78 is 15.9. The number of thiocarbonyl (C=S) groups is 1. The molecule has 0 bridgehead atoms. The van der Waals surface area contributed by atoms with Crippen LogP contribution in [-0.2, 0) is 24.9 Å². The Morgan fingerprint density at radius 3 is 2.53 bits per heavy atom. The second-order valence-corrected chi connectivity index (χ2v) is 12.8. The van der Waals surface area contributed by atoms with Gasteiger partial charge in [0.25, 0.3) is 17.0 Å². The van der Waals surface area contributed by atoms with Crippen LogP contribution >= 0.6 is 24.0 Å². The van der Waals surface area contributed by atoms with E-state index in [1.807, 2.05) is 55.5 Å². The van der Waals surface area contributed by atoms with E-state index in [0.717, 1.165) is 23.7 Å². The van der Waals surface area contributed by atoms with Gasteiger partial charge in [-0.05, 0) is 61.7 Å². The first-order chi connectivity index (χ1) is 22.7. The summed E-state index contributed by atoms with van der Waals surface area (Å²) in [4.78, 5) is 43.0. The number of benzene rings is 2. The molecule has 13 heteroatoms. The zero-order valence-electron chi connectivity index (χ0n) is 26.3. The lowest BCUT2D eigenvalue weighted by molar-refractivity contribution is -0.113. The van der Waals surface area contributed by atoms with Gasteiger partial charge in [-0.1, -0.05) is 61.6 Å². The van der Waals surface area contributed by atoms with Crippen molar-refractivity contribution in [3.63, 3.8) is 0 Å². The topological polar surface area (TPSA) is 124 Å². The average molecular weight is 669 g/mol. The molecule has 0 spiro atoms. The molecule has 1 N–H and O–H groups in total. The van der Waals surface area contributed by atoms with Gasteiger partial charge in [-0.3, -0.25) is 28.5 Å². The Hall–Kier alpha value is -5.06. The number of thioether (sulfide) groups is 1. The fraction of sp³-hybridized carbons (Fsp3) is 0.265. The smallest absolute Gasteiger partial charge is 0.296 e. The Morgan fingerprint density at radius 1 is 1.06 bits per heavy atom. The molecule has 4 heterocycles. The van der Waals surface area contributed by atoms with Gasteiger partial charge in [-0.25, -0.2) is 4.68 Å². The van der Waals surface area contributed by atoms with Crippen LogP contribution in [0.4, 0.5) is 11.5 Å². The summed E-state index contributed by atoms with van der Waals surface area (Å²) in [7, 11) is 1.76. The largest absolute Gasteiger partial charge is 0.454 e. The van der Waals surface area contributed by atoms with Gasteiger partial charge < -0.3 is 14.8 Å². The normalized spacial score (nSPS) is 14.7. The third kappa shape index (κ3) is 5.64. The van der Waals surface area contributed by atoms with Gasteiger partial charge in [-0.15, -0.1) is 0 Å². The molecule has 0 aliphatic carbocycles. The number of nitrogens with one attached hydrogen (secondary N) is 1. The highest BCUT2D eigenvalue weighted by Gasteiger charge is 2.38. The van der Waals surface area contributed by atoms with Crippen LogP contribution < -0.4 is 30.8 Å². The highest BCUT2D eigenvalue weighted by Crippen LogP contribution is 2.38. The van der Waals surface area contributed by atoms with Gasteiger partial charge in [0, 0.05) is 25.7 Å². The number of anilines is 2. The molecule has 0 atom stereocenters. The van der Waals surface area contributed by atoms with Crippen LogP contribution in [0.3, 0.4) is 0 Å². The van der Waals surface area contributed by atoms with Crippen LogP contribution in [0.2, 0.25) is 0 Å². The molecule has 0 radical (unpaired) electrons. The Bertz CT molecular complexity index is 2120. The van der Waals surface area contributed by atoms with Gasteiger partial charge in [0.2, 0.25) is 6.79 Å². The third-order valence-electron chi connectivity index (χ3n) is 8.32. The van der Waals surface area contributed by atoms with Crippen molar-refractivity contribution in [2.45, 2.75) is 46.7 Å². The summed E-state index contributed by atoms with van der Waals surface area (Å²) in [5.74, 6) is 1.31. The van der Waals surface area contributed by atoms with Crippen LogP contribution in [0, 0.1) is 25.2 Å². The summed E-state index contributed by atoms with van der Waals surface area (Å²) in [5.41, 5.74) is 2.45. The number of rotatable bonds is 9. The maximum absolute atomic E-state index is 14.1. The number of amides is 1. The first-order valence-electron chi connectivity index (χ1n) is 15.1. The Balaban J connectivity index is 1.44. The van der Waals surface area contributed by atoms with E-state index in [2.05, 4.69) is 11.4 Å². The molecule has 1 amide bonds. The first-order valence-corrected chi connectivity index (χ1v) is 16.3. The molecule has 240 valence electrons. The summed E-state index contributed by atoms with van der Waals surface area (Å²) in [6.07, 6.45) is 3.19. The van der Waals surface area contributed by atoms with Crippen molar-refractivity contribution in [3.8, 4) is 23.3 Å². The SMILES string of the molecule is CCCCn1c(NCc2ccc3c(c2)OCO3)c(/C=C2/SC(=S)N(c3c(C)n(C)n(-c4ccccc4)c3=O)C2=O)c(C)c(C#N)c1=O. The molecule has 2 aliphatic heterocycles. The molecule has 1 saturated heterocycles. The summed E-state index contributed by atoms with van der Waals surface area (Å²) >= 11 is 6.75. The minimum Gasteiger partial charge on any atom is -0.454 e. The summed E-state index contributed by atoms with van der Waals surface area (Å²) in [5, 5.41) is 13.4. The zero-order chi connectivity index (χ0) is 33.4. The quantitative estimate of drug-likeness (QED) is 0.185. The van der Waals surface area contributed by atoms with E-state index >= 15 is 0 Å². The van der Waals surface area contributed by atoms with Crippen molar-refractivity contribution >= 4 is 51.8 Å². The molecule has 1 fully saturated rings. The molecule has 4 aromatic rings. The number of hydrogen-bond acceptors (Lipinski definition) is 9. The van der Waals surface area contributed by atoms with E-state index in [0.29, 0.717) is 59.3 Å². The number of aromatic nitrogens is 3. The van der Waals surface area contributed by atoms with Gasteiger partial charge in [0.05, 0.1) is 16.3 Å². The predicted molar refractivity (Wildman–Crippen MR) is 186 cm³/mol. The number of nitrogens with zero attached hydrogens (tertiary/aromatic N) is 5. The van der Waals surface area contributed by atoms with E-state index in [1.54, 1.807) is 36.2 Å². The van der Waals surface area contributed by atoms with Crippen LogP contribution in [0.15, 0.2) is 63.0 Å². The highest BCUT2D eigenvalue weighted by atomic mass is 32.2. The Kier molecular flexibility index (Phi) is 8.81. The standard InChI is InChI=1S/C34H32N6O5S2/c1-5-6-14-38-30(36-18-22-12-13-26-27(15-22)45-19-44-26)24(20(2)25(17-35)31(38)41)16-28-32(42)39(34(46)47-28)29-21(3)37(4)40(33(29)43)23-10-8-7-9-11-23/h7-13,15-16,36H,5-6,14,18-19H2,1-4H3/b28-16+. The lowest BCUT2D eigenvalue weighted by Crippen LogP contribution is -2.33. The number of carbonyl (C=O) groups is 1. The fourth-order valence-corrected chi connectivity index (χ4v) is 6.98. The predicted octanol–water partition coefficient (Wildman–Crippen LogP) is 5.37. The molecule has 2 aliphatic rings. The van der Waals surface area contributed by atoms with Crippen molar-refractivity contribution in [3.05, 3.63) is 102 Å². The molecule has 2 aromatic carbocycles. The average Bonchev–Trinajstić information content (AvgIpc) is 3.71. The lowest BCUT2D eigenvalue weighted by Gasteiger charge is -2.20. The molecule has 0 unspecified atom stereocenters. The monoisotopic (exact) mass is 668 g/mol. The van der Waals surface area contributed by atoms with E-state index in [9.17, 15) is 19.6 Å². The Labute approximate surface area is 280 Å². The molecule has 6 rings (SSSR count). The first kappa shape index (κ1) is 31.9. The minimum absolute atomic E-state index is 0.00103. The van der Waals surface area contributed by atoms with Gasteiger partial charge in [0.1, 0.15) is 23.1 Å². The second-order valence-electron chi connectivity index (χ2n) is 11.2. The van der Waals surface area contributed by atoms with Gasteiger partial charge in [0.15, 0.2) is 15.8 Å². The zero-order valence-corrected chi connectivity index (χ0v) is 28.0. The van der Waals surface area contributed by atoms with E-state index in [4.69, 9.17) is 21.7 Å². The molecular weight excluding hydrogens is 637 g/mol. The van der Waals surface area contributed by atoms with E-state index in [1.165, 1.54) is 9.58 Å². The molecular formula is C34H32N6O5S2. The van der Waals surface area contributed by atoms with E-state index < -0.39 is 11.5 Å². The number of pyridine rings is 1. The van der Waals surface area contributed by atoms with Crippen molar-refractivity contribution < 1.29 is 14.3 Å². The molecule has 0 saturated carbocycles. The highest BCUT2D eigenvalue weighted by molar-refractivity contribution is 8.27. The molecule has 47 heavy (non-hydrogen) atoms. The van der Waals surface area contributed by atoms with Crippen LogP contribution in [0.1, 0.15) is 47.7 Å². The van der Waals surface area contributed by atoms with Crippen molar-refractivity contribution in [1.82, 2.24) is 13.9 Å². The van der Waals surface area contributed by atoms with Crippen molar-refractivity contribution in [1.29, 1.82) is 5.26 Å². The van der Waals surface area contributed by atoms with E-state index in [-0.39, 0.29) is 32.8 Å². The maximum atomic E-state index is 14.1. The maximum Gasteiger partial charge on any atom is 0.296 e. The van der Waals surface area contributed by atoms with Crippen LogP contribution in [0.5, 0.6) is 11.5 Å². The molecule has 11 nitrogen and oxygen atoms in total. The number of fused-ring (bicyclic) bond motifs is 1. The summed E-state index contributed by atoms with van der Waals surface area (Å²) in [6.45, 7) is 6.34. The molecule has 2 aromatic heterocycles. The Morgan fingerprint density at radius 2 is 1.81 bits per heavy atom. The number of unbranched alkanes of at least 4 members (excludes halogenated alkanes) is 1. The number of carbonyl (C=O) groups excluding carboxylic acids is 1. The lowest BCUT2D eigenvalue weighted by atomic mass is 10.0. The minimum atomic E-state index is -0.461. The van der Waals surface area contributed by atoms with Crippen molar-refractivity contribution in [2.75, 3.05) is 17.0 Å². The van der Waals surface area contributed by atoms with Crippen LogP contribution in [0.25, 0.3) is 11.8 Å². The second kappa shape index (κ2) is 13.0. The summed E-state index contributed by atoms with van der Waals surface area (Å²) in [6, 6.07) is 16.8. The van der Waals surface area contributed by atoms with Gasteiger partial charge >= 0.3 is 0 Å². The van der Waals surface area contributed by atoms with Crippen molar-refractivity contribution in [2.24, 2.45) is 7.05 Å². The third-order valence-corrected chi connectivity index (χ3v) is 9.63. The fourth-order valence-electron chi connectivity index (χ4n) is 5.72.